The highest BCUT2D eigenvalue weighted by molar-refractivity contribution is 5.35. The SMILES string of the molecule is CCCOc1nnc(N)cc1C. The van der Waals surface area contributed by atoms with E-state index in [4.69, 9.17) is 10.5 Å². The number of ether oxygens (including phenoxy) is 1. The molecule has 4 heteroatoms. The van der Waals surface area contributed by atoms with Gasteiger partial charge in [0.25, 0.3) is 0 Å². The van der Waals surface area contributed by atoms with E-state index in [0.29, 0.717) is 18.3 Å². The van der Waals surface area contributed by atoms with Gasteiger partial charge >= 0.3 is 0 Å². The van der Waals surface area contributed by atoms with E-state index >= 15 is 0 Å². The third-order valence-electron chi connectivity index (χ3n) is 1.40. The summed E-state index contributed by atoms with van der Waals surface area (Å²) >= 11 is 0. The van der Waals surface area contributed by atoms with Crippen LogP contribution in [0.25, 0.3) is 0 Å². The van der Waals surface area contributed by atoms with Crippen LogP contribution in [0.4, 0.5) is 5.82 Å². The molecule has 0 aromatic carbocycles. The number of nitrogens with zero attached hydrogens (tertiary/aromatic N) is 2. The van der Waals surface area contributed by atoms with Gasteiger partial charge in [0.05, 0.1) is 6.61 Å². The standard InChI is InChI=1S/C8H13N3O/c1-3-4-12-8-6(2)5-7(9)10-11-8/h5H,3-4H2,1-2H3,(H2,9,10). The highest BCUT2D eigenvalue weighted by Gasteiger charge is 2.01. The lowest BCUT2D eigenvalue weighted by Gasteiger charge is -2.05. The molecule has 0 fully saturated rings. The smallest absolute Gasteiger partial charge is 0.236 e. The van der Waals surface area contributed by atoms with E-state index in [0.717, 1.165) is 12.0 Å². The second-order valence-electron chi connectivity index (χ2n) is 2.61. The molecule has 2 N–H and O–H groups in total. The number of nitrogens with two attached hydrogens (primary N) is 1. The average molecular weight is 167 g/mol. The molecule has 0 amide bonds. The highest BCUT2D eigenvalue weighted by Crippen LogP contribution is 2.13. The Balaban J connectivity index is 2.72. The molecule has 12 heavy (non-hydrogen) atoms. The van der Waals surface area contributed by atoms with Crippen LogP contribution in [0.1, 0.15) is 18.9 Å². The number of aryl methyl sites for hydroxylation is 1. The molecule has 1 heterocycles. The second-order valence-corrected chi connectivity index (χ2v) is 2.61. The fourth-order valence-electron chi connectivity index (χ4n) is 0.836. The first-order chi connectivity index (χ1) is 5.74. The zero-order valence-electron chi connectivity index (χ0n) is 7.37. The van der Waals surface area contributed by atoms with Gasteiger partial charge in [-0.05, 0) is 19.4 Å². The number of hydrogen-bond acceptors (Lipinski definition) is 4. The second kappa shape index (κ2) is 3.90. The third-order valence-corrected chi connectivity index (χ3v) is 1.40. The van der Waals surface area contributed by atoms with Crippen molar-refractivity contribution < 1.29 is 4.74 Å². The number of aromatic nitrogens is 2. The minimum absolute atomic E-state index is 0.427. The maximum absolute atomic E-state index is 5.43. The summed E-state index contributed by atoms with van der Waals surface area (Å²) in [5, 5.41) is 7.51. The summed E-state index contributed by atoms with van der Waals surface area (Å²) in [6, 6.07) is 1.75. The molecule has 66 valence electrons. The Kier molecular flexibility index (Phi) is 2.85. The predicted molar refractivity (Wildman–Crippen MR) is 47.0 cm³/mol. The molecule has 0 aliphatic heterocycles. The average Bonchev–Trinajstić information content (AvgIpc) is 2.03. The summed E-state index contributed by atoms with van der Waals surface area (Å²) in [6.07, 6.45) is 0.964. The van der Waals surface area contributed by atoms with E-state index in [1.54, 1.807) is 6.07 Å². The Bertz CT molecular complexity index is 262. The normalized spacial score (nSPS) is 9.83. The molecule has 0 unspecified atom stereocenters. The first kappa shape index (κ1) is 8.77. The first-order valence-electron chi connectivity index (χ1n) is 3.96. The Morgan fingerprint density at radius 1 is 1.50 bits per heavy atom. The van der Waals surface area contributed by atoms with Crippen molar-refractivity contribution in [2.75, 3.05) is 12.3 Å². The van der Waals surface area contributed by atoms with Crippen LogP contribution in [0.3, 0.4) is 0 Å². The van der Waals surface area contributed by atoms with Gasteiger partial charge < -0.3 is 10.5 Å². The van der Waals surface area contributed by atoms with Crippen molar-refractivity contribution in [3.8, 4) is 5.88 Å². The lowest BCUT2D eigenvalue weighted by atomic mass is 10.3. The van der Waals surface area contributed by atoms with Gasteiger partial charge in [-0.2, -0.15) is 0 Å². The Morgan fingerprint density at radius 3 is 2.83 bits per heavy atom. The zero-order chi connectivity index (χ0) is 8.97. The molecule has 0 radical (unpaired) electrons. The van der Waals surface area contributed by atoms with Gasteiger partial charge in [-0.25, -0.2) is 0 Å². The van der Waals surface area contributed by atoms with Crippen LogP contribution in [-0.2, 0) is 0 Å². The van der Waals surface area contributed by atoms with Gasteiger partial charge in [-0.15, -0.1) is 10.2 Å². The van der Waals surface area contributed by atoms with Gasteiger partial charge in [0.1, 0.15) is 5.82 Å². The molecule has 0 spiro atoms. The van der Waals surface area contributed by atoms with Crippen molar-refractivity contribution in [2.24, 2.45) is 0 Å². The van der Waals surface area contributed by atoms with Crippen LogP contribution in [0, 0.1) is 6.92 Å². The van der Waals surface area contributed by atoms with Gasteiger partial charge in [0.15, 0.2) is 0 Å². The van der Waals surface area contributed by atoms with E-state index in [1.165, 1.54) is 0 Å². The van der Waals surface area contributed by atoms with Gasteiger partial charge in [-0.1, -0.05) is 6.92 Å². The summed E-state index contributed by atoms with van der Waals surface area (Å²) < 4.78 is 5.31. The molecule has 1 aromatic rings. The predicted octanol–water partition coefficient (Wildman–Crippen LogP) is 1.16. The maximum atomic E-state index is 5.43. The van der Waals surface area contributed by atoms with Crippen molar-refractivity contribution in [1.82, 2.24) is 10.2 Å². The molecule has 0 bridgehead atoms. The molecular formula is C8H13N3O. The maximum Gasteiger partial charge on any atom is 0.236 e. The molecule has 0 aliphatic carbocycles. The number of hydrogen-bond donors (Lipinski definition) is 1. The fourth-order valence-corrected chi connectivity index (χ4v) is 0.836. The largest absolute Gasteiger partial charge is 0.476 e. The van der Waals surface area contributed by atoms with Crippen LogP contribution in [-0.4, -0.2) is 16.8 Å². The quantitative estimate of drug-likeness (QED) is 0.733. The van der Waals surface area contributed by atoms with Crippen LogP contribution < -0.4 is 10.5 Å². The Hall–Kier alpha value is -1.32. The van der Waals surface area contributed by atoms with Gasteiger partial charge in [0, 0.05) is 5.56 Å². The van der Waals surface area contributed by atoms with Crippen LogP contribution in [0.5, 0.6) is 5.88 Å². The molecule has 0 saturated heterocycles. The number of nitrogen functional groups attached to an aromatic ring is 1. The molecule has 0 atom stereocenters. The van der Waals surface area contributed by atoms with E-state index in [2.05, 4.69) is 10.2 Å². The molecule has 0 aliphatic rings. The van der Waals surface area contributed by atoms with E-state index in [1.807, 2.05) is 13.8 Å². The molecule has 4 nitrogen and oxygen atoms in total. The lowest BCUT2D eigenvalue weighted by molar-refractivity contribution is 0.299. The minimum atomic E-state index is 0.427. The van der Waals surface area contributed by atoms with Crippen molar-refractivity contribution in [2.45, 2.75) is 20.3 Å². The van der Waals surface area contributed by atoms with Crippen molar-refractivity contribution in [3.63, 3.8) is 0 Å². The molecule has 1 aromatic heterocycles. The van der Waals surface area contributed by atoms with E-state index in [9.17, 15) is 0 Å². The monoisotopic (exact) mass is 167 g/mol. The number of anilines is 1. The summed E-state index contributed by atoms with van der Waals surface area (Å²) in [6.45, 7) is 4.61. The summed E-state index contributed by atoms with van der Waals surface area (Å²) in [4.78, 5) is 0. The summed E-state index contributed by atoms with van der Waals surface area (Å²) in [5.74, 6) is 1.00. The summed E-state index contributed by atoms with van der Waals surface area (Å²) in [7, 11) is 0. The summed E-state index contributed by atoms with van der Waals surface area (Å²) in [5.41, 5.74) is 6.35. The van der Waals surface area contributed by atoms with Crippen molar-refractivity contribution >= 4 is 5.82 Å². The van der Waals surface area contributed by atoms with Crippen molar-refractivity contribution in [1.29, 1.82) is 0 Å². The third kappa shape index (κ3) is 2.08. The lowest BCUT2D eigenvalue weighted by Crippen LogP contribution is -2.02. The highest BCUT2D eigenvalue weighted by atomic mass is 16.5. The molecular weight excluding hydrogens is 154 g/mol. The Morgan fingerprint density at radius 2 is 2.25 bits per heavy atom. The van der Waals surface area contributed by atoms with Gasteiger partial charge in [-0.3, -0.25) is 0 Å². The van der Waals surface area contributed by atoms with Crippen LogP contribution >= 0.6 is 0 Å². The fraction of sp³-hybridized carbons (Fsp3) is 0.500. The van der Waals surface area contributed by atoms with E-state index in [-0.39, 0.29) is 0 Å². The van der Waals surface area contributed by atoms with Crippen LogP contribution in [0.15, 0.2) is 6.07 Å². The minimum Gasteiger partial charge on any atom is -0.476 e. The Labute approximate surface area is 71.8 Å². The zero-order valence-corrected chi connectivity index (χ0v) is 7.37. The number of rotatable bonds is 3. The topological polar surface area (TPSA) is 61.0 Å². The van der Waals surface area contributed by atoms with Gasteiger partial charge in [0.2, 0.25) is 5.88 Å². The van der Waals surface area contributed by atoms with Crippen LogP contribution in [0.2, 0.25) is 0 Å². The van der Waals surface area contributed by atoms with Crippen molar-refractivity contribution in [3.05, 3.63) is 11.6 Å². The molecule has 1 rings (SSSR count). The first-order valence-corrected chi connectivity index (χ1v) is 3.96. The molecule has 0 saturated carbocycles. The van der Waals surface area contributed by atoms with E-state index < -0.39 is 0 Å².